The van der Waals surface area contributed by atoms with Gasteiger partial charge in [0.25, 0.3) is 0 Å². The molecule has 0 aromatic heterocycles. The maximum atomic E-state index is 12.0. The first-order valence-electron chi connectivity index (χ1n) is 6.97. The molecule has 0 saturated heterocycles. The zero-order chi connectivity index (χ0) is 15.3. The van der Waals surface area contributed by atoms with E-state index in [2.05, 4.69) is 25.7 Å². The number of hydrogen-bond acceptors (Lipinski definition) is 2. The molecule has 0 spiro atoms. The van der Waals surface area contributed by atoms with E-state index in [9.17, 15) is 4.79 Å². The molecule has 20 heavy (non-hydrogen) atoms. The fourth-order valence-corrected chi connectivity index (χ4v) is 1.98. The van der Waals surface area contributed by atoms with Crippen molar-refractivity contribution in [2.24, 2.45) is 0 Å². The van der Waals surface area contributed by atoms with Gasteiger partial charge in [-0.05, 0) is 44.2 Å². The highest BCUT2D eigenvalue weighted by Crippen LogP contribution is 2.29. The summed E-state index contributed by atoms with van der Waals surface area (Å²) in [5.74, 6) is 0.324. The van der Waals surface area contributed by atoms with Crippen molar-refractivity contribution in [3.05, 3.63) is 42.0 Å². The summed E-state index contributed by atoms with van der Waals surface area (Å²) in [5, 5.41) is 2.89. The van der Waals surface area contributed by atoms with Gasteiger partial charge >= 0.3 is 6.09 Å². The summed E-state index contributed by atoms with van der Waals surface area (Å²) in [6, 6.07) is 6.04. The summed E-state index contributed by atoms with van der Waals surface area (Å²) in [4.78, 5) is 12.0. The van der Waals surface area contributed by atoms with Gasteiger partial charge in [-0.15, -0.1) is 6.58 Å². The lowest BCUT2D eigenvalue weighted by molar-refractivity contribution is 0.0635. The molecule has 1 rings (SSSR count). The van der Waals surface area contributed by atoms with Crippen LogP contribution in [0.4, 0.5) is 10.5 Å². The minimum absolute atomic E-state index is 0.324. The molecular weight excluding hydrogens is 250 g/mol. The average Bonchev–Trinajstić information content (AvgIpc) is 2.28. The Morgan fingerprint density at radius 3 is 2.55 bits per heavy atom. The Hall–Kier alpha value is -1.77. The molecule has 0 bridgehead atoms. The molecule has 1 N–H and O–H groups in total. The van der Waals surface area contributed by atoms with E-state index in [4.69, 9.17) is 4.74 Å². The van der Waals surface area contributed by atoms with Gasteiger partial charge in [0, 0.05) is 0 Å². The van der Waals surface area contributed by atoms with Gasteiger partial charge in [0.2, 0.25) is 0 Å². The number of anilines is 1. The van der Waals surface area contributed by atoms with Gasteiger partial charge in [0.1, 0.15) is 5.60 Å². The predicted molar refractivity (Wildman–Crippen MR) is 84.3 cm³/mol. The topological polar surface area (TPSA) is 38.3 Å². The Morgan fingerprint density at radius 1 is 1.40 bits per heavy atom. The number of amides is 1. The number of rotatable bonds is 4. The van der Waals surface area contributed by atoms with E-state index in [1.807, 2.05) is 45.0 Å². The fourth-order valence-electron chi connectivity index (χ4n) is 1.98. The third-order valence-corrected chi connectivity index (χ3v) is 2.80. The number of benzene rings is 1. The van der Waals surface area contributed by atoms with Crippen LogP contribution in [0.1, 0.15) is 51.7 Å². The highest BCUT2D eigenvalue weighted by atomic mass is 16.6. The lowest BCUT2D eigenvalue weighted by Gasteiger charge is -2.22. The van der Waals surface area contributed by atoms with Crippen molar-refractivity contribution in [2.45, 2.75) is 52.6 Å². The molecule has 0 atom stereocenters. The normalized spacial score (nSPS) is 11.3. The highest BCUT2D eigenvalue weighted by molar-refractivity contribution is 5.87. The molecule has 1 aromatic carbocycles. The fraction of sp³-hybridized carbons (Fsp3) is 0.471. The number of hydrogen-bond donors (Lipinski definition) is 1. The maximum Gasteiger partial charge on any atom is 0.412 e. The number of nitrogens with one attached hydrogen (secondary N) is 1. The van der Waals surface area contributed by atoms with Crippen LogP contribution in [-0.2, 0) is 11.2 Å². The SMILES string of the molecule is C=CCc1cccc(C(C)C)c1NC(=O)OC(C)(C)C. The summed E-state index contributed by atoms with van der Waals surface area (Å²) in [7, 11) is 0. The summed E-state index contributed by atoms with van der Waals surface area (Å²) in [6.45, 7) is 13.5. The summed E-state index contributed by atoms with van der Waals surface area (Å²) >= 11 is 0. The second kappa shape index (κ2) is 6.60. The molecule has 0 fully saturated rings. The van der Waals surface area contributed by atoms with E-state index >= 15 is 0 Å². The van der Waals surface area contributed by atoms with Crippen LogP contribution in [0, 0.1) is 0 Å². The molecule has 3 nitrogen and oxygen atoms in total. The Kier molecular flexibility index (Phi) is 5.37. The molecule has 0 radical (unpaired) electrons. The van der Waals surface area contributed by atoms with Gasteiger partial charge in [0.15, 0.2) is 0 Å². The zero-order valence-electron chi connectivity index (χ0n) is 13.1. The Bertz CT molecular complexity index is 484. The minimum atomic E-state index is -0.505. The van der Waals surface area contributed by atoms with Gasteiger partial charge in [0.05, 0.1) is 5.69 Å². The molecule has 0 aliphatic rings. The van der Waals surface area contributed by atoms with Crippen molar-refractivity contribution in [3.63, 3.8) is 0 Å². The summed E-state index contributed by atoms with van der Waals surface area (Å²) < 4.78 is 5.33. The van der Waals surface area contributed by atoms with Gasteiger partial charge in [-0.25, -0.2) is 4.79 Å². The lowest BCUT2D eigenvalue weighted by Crippen LogP contribution is -2.28. The van der Waals surface area contributed by atoms with Crippen molar-refractivity contribution in [2.75, 3.05) is 5.32 Å². The zero-order valence-corrected chi connectivity index (χ0v) is 13.1. The van der Waals surface area contributed by atoms with E-state index in [1.54, 1.807) is 0 Å². The van der Waals surface area contributed by atoms with Crippen molar-refractivity contribution < 1.29 is 9.53 Å². The third-order valence-electron chi connectivity index (χ3n) is 2.80. The first kappa shape index (κ1) is 16.3. The Morgan fingerprint density at radius 2 is 2.05 bits per heavy atom. The van der Waals surface area contributed by atoms with Crippen LogP contribution in [0.5, 0.6) is 0 Å². The van der Waals surface area contributed by atoms with Crippen LogP contribution < -0.4 is 5.32 Å². The second-order valence-electron chi connectivity index (χ2n) is 6.16. The number of carbonyl (C=O) groups is 1. The van der Waals surface area contributed by atoms with E-state index in [0.717, 1.165) is 16.8 Å². The first-order chi connectivity index (χ1) is 9.24. The molecule has 0 aliphatic carbocycles. The molecule has 1 aromatic rings. The van der Waals surface area contributed by atoms with E-state index in [1.165, 1.54) is 0 Å². The van der Waals surface area contributed by atoms with Crippen LogP contribution in [-0.4, -0.2) is 11.7 Å². The van der Waals surface area contributed by atoms with E-state index < -0.39 is 11.7 Å². The van der Waals surface area contributed by atoms with Crippen molar-refractivity contribution in [1.29, 1.82) is 0 Å². The van der Waals surface area contributed by atoms with Gasteiger partial charge in [-0.3, -0.25) is 5.32 Å². The smallest absolute Gasteiger partial charge is 0.412 e. The van der Waals surface area contributed by atoms with Crippen molar-refractivity contribution in [3.8, 4) is 0 Å². The lowest BCUT2D eigenvalue weighted by atomic mass is 9.96. The Labute approximate surface area is 122 Å². The third kappa shape index (κ3) is 4.72. The summed E-state index contributed by atoms with van der Waals surface area (Å²) in [5.41, 5.74) is 2.50. The molecule has 0 heterocycles. The van der Waals surface area contributed by atoms with Crippen molar-refractivity contribution in [1.82, 2.24) is 0 Å². The molecule has 1 amide bonds. The van der Waals surface area contributed by atoms with Gasteiger partial charge in [-0.1, -0.05) is 38.1 Å². The Balaban J connectivity index is 3.07. The quantitative estimate of drug-likeness (QED) is 0.795. The number of allylic oxidation sites excluding steroid dienone is 1. The van der Waals surface area contributed by atoms with Crippen molar-refractivity contribution >= 4 is 11.8 Å². The largest absolute Gasteiger partial charge is 0.444 e. The summed E-state index contributed by atoms with van der Waals surface area (Å²) in [6.07, 6.45) is 2.13. The average molecular weight is 275 g/mol. The van der Waals surface area contributed by atoms with Crippen LogP contribution >= 0.6 is 0 Å². The maximum absolute atomic E-state index is 12.0. The van der Waals surface area contributed by atoms with E-state index in [0.29, 0.717) is 12.3 Å². The number of ether oxygens (including phenoxy) is 1. The minimum Gasteiger partial charge on any atom is -0.444 e. The van der Waals surface area contributed by atoms with Crippen LogP contribution in [0.3, 0.4) is 0 Å². The highest BCUT2D eigenvalue weighted by Gasteiger charge is 2.19. The molecule has 0 saturated carbocycles. The molecular formula is C17H25NO2. The number of para-hydroxylation sites is 1. The second-order valence-corrected chi connectivity index (χ2v) is 6.16. The molecule has 0 aliphatic heterocycles. The molecule has 0 unspecified atom stereocenters. The van der Waals surface area contributed by atoms with Crippen LogP contribution in [0.15, 0.2) is 30.9 Å². The van der Waals surface area contributed by atoms with Crippen LogP contribution in [0.25, 0.3) is 0 Å². The van der Waals surface area contributed by atoms with Gasteiger partial charge < -0.3 is 4.74 Å². The monoisotopic (exact) mass is 275 g/mol. The standard InChI is InChI=1S/C17H25NO2/c1-7-9-13-10-8-11-14(12(2)3)15(13)18-16(19)20-17(4,5)6/h7-8,10-12H,1,9H2,2-6H3,(H,18,19). The predicted octanol–water partition coefficient (Wildman–Crippen LogP) is 4.89. The van der Waals surface area contributed by atoms with Crippen LogP contribution in [0.2, 0.25) is 0 Å². The van der Waals surface area contributed by atoms with E-state index in [-0.39, 0.29) is 0 Å². The number of carbonyl (C=O) groups excluding carboxylic acids is 1. The van der Waals surface area contributed by atoms with Gasteiger partial charge in [-0.2, -0.15) is 0 Å². The molecule has 3 heteroatoms. The first-order valence-corrected chi connectivity index (χ1v) is 6.97. The molecule has 110 valence electrons.